The van der Waals surface area contributed by atoms with Gasteiger partial charge in [0.1, 0.15) is 0 Å². The maximum atomic E-state index is 11.9. The summed E-state index contributed by atoms with van der Waals surface area (Å²) in [5, 5.41) is 4.51. The number of carbonyl (C=O) groups excluding carboxylic acids is 2. The maximum Gasteiger partial charge on any atom is 0.227 e. The van der Waals surface area contributed by atoms with Gasteiger partial charge in [-0.25, -0.2) is 0 Å². The SMILES string of the molecule is O=C1CCCCN1CCN1CCC(n2cc(N3CCCC3=O)cn2)C1. The standard InChI is InChI=1S/C18H27N5O2/c24-17-4-1-2-7-21(17)11-10-20-9-6-15(13-20)23-14-16(12-19-23)22-8-3-5-18(22)25/h12,14-15H,1-11,13H2. The van der Waals surface area contributed by atoms with Crippen molar-refractivity contribution in [3.63, 3.8) is 0 Å². The van der Waals surface area contributed by atoms with Gasteiger partial charge in [0.05, 0.1) is 17.9 Å². The minimum Gasteiger partial charge on any atom is -0.341 e. The summed E-state index contributed by atoms with van der Waals surface area (Å²) in [5.41, 5.74) is 0.930. The highest BCUT2D eigenvalue weighted by atomic mass is 16.2. The molecule has 4 heterocycles. The topological polar surface area (TPSA) is 61.7 Å². The van der Waals surface area contributed by atoms with Crippen LogP contribution in [0.1, 0.15) is 44.6 Å². The molecule has 3 saturated heterocycles. The molecule has 0 aliphatic carbocycles. The van der Waals surface area contributed by atoms with Crippen LogP contribution in [0.2, 0.25) is 0 Å². The molecule has 25 heavy (non-hydrogen) atoms. The van der Waals surface area contributed by atoms with Crippen LogP contribution in [0.25, 0.3) is 0 Å². The number of aromatic nitrogens is 2. The zero-order valence-electron chi connectivity index (χ0n) is 14.8. The second kappa shape index (κ2) is 7.15. The highest BCUT2D eigenvalue weighted by Crippen LogP contribution is 2.25. The third-order valence-electron chi connectivity index (χ3n) is 5.70. The van der Waals surface area contributed by atoms with Crippen LogP contribution in [-0.2, 0) is 9.59 Å². The molecule has 1 unspecified atom stereocenters. The fraction of sp³-hybridized carbons (Fsp3) is 0.722. The fourth-order valence-corrected chi connectivity index (χ4v) is 4.18. The molecule has 2 amide bonds. The molecule has 0 bridgehead atoms. The molecule has 3 fully saturated rings. The van der Waals surface area contributed by atoms with E-state index >= 15 is 0 Å². The number of amides is 2. The Morgan fingerprint density at radius 3 is 2.68 bits per heavy atom. The van der Waals surface area contributed by atoms with Crippen molar-refractivity contribution < 1.29 is 9.59 Å². The van der Waals surface area contributed by atoms with Crippen LogP contribution < -0.4 is 4.90 Å². The van der Waals surface area contributed by atoms with Crippen LogP contribution >= 0.6 is 0 Å². The smallest absolute Gasteiger partial charge is 0.227 e. The zero-order valence-corrected chi connectivity index (χ0v) is 14.8. The van der Waals surface area contributed by atoms with Gasteiger partial charge in [-0.05, 0) is 25.7 Å². The van der Waals surface area contributed by atoms with Gasteiger partial charge in [-0.3, -0.25) is 19.2 Å². The van der Waals surface area contributed by atoms with Gasteiger partial charge in [-0.15, -0.1) is 0 Å². The van der Waals surface area contributed by atoms with Crippen LogP contribution in [0.15, 0.2) is 12.4 Å². The molecule has 0 spiro atoms. The van der Waals surface area contributed by atoms with Crippen LogP contribution in [0, 0.1) is 0 Å². The largest absolute Gasteiger partial charge is 0.341 e. The predicted molar refractivity (Wildman–Crippen MR) is 94.3 cm³/mol. The Bertz CT molecular complexity index is 643. The Kier molecular flexibility index (Phi) is 4.74. The van der Waals surface area contributed by atoms with E-state index in [4.69, 9.17) is 0 Å². The lowest BCUT2D eigenvalue weighted by Gasteiger charge is -2.28. The van der Waals surface area contributed by atoms with E-state index < -0.39 is 0 Å². The van der Waals surface area contributed by atoms with Gasteiger partial charge in [-0.2, -0.15) is 5.10 Å². The summed E-state index contributed by atoms with van der Waals surface area (Å²) in [5.74, 6) is 0.521. The van der Waals surface area contributed by atoms with E-state index in [9.17, 15) is 9.59 Å². The number of hydrogen-bond donors (Lipinski definition) is 0. The van der Waals surface area contributed by atoms with Crippen molar-refractivity contribution in [1.82, 2.24) is 19.6 Å². The van der Waals surface area contributed by atoms with Crippen molar-refractivity contribution in [2.45, 2.75) is 44.6 Å². The first-order valence-corrected chi connectivity index (χ1v) is 9.55. The molecule has 1 atom stereocenters. The number of anilines is 1. The zero-order chi connectivity index (χ0) is 17.2. The number of hydrogen-bond acceptors (Lipinski definition) is 4. The summed E-state index contributed by atoms with van der Waals surface area (Å²) in [7, 11) is 0. The number of piperidine rings is 1. The molecule has 3 aliphatic rings. The highest BCUT2D eigenvalue weighted by molar-refractivity contribution is 5.95. The lowest BCUT2D eigenvalue weighted by molar-refractivity contribution is -0.133. The van der Waals surface area contributed by atoms with Gasteiger partial charge in [0, 0.05) is 58.3 Å². The Balaban J connectivity index is 1.29. The molecule has 1 aromatic heterocycles. The predicted octanol–water partition coefficient (Wildman–Crippen LogP) is 1.27. The molecule has 0 N–H and O–H groups in total. The van der Waals surface area contributed by atoms with Gasteiger partial charge in [-0.1, -0.05) is 0 Å². The number of carbonyl (C=O) groups is 2. The number of likely N-dealkylation sites (tertiary alicyclic amines) is 2. The second-order valence-corrected chi connectivity index (χ2v) is 7.41. The van der Waals surface area contributed by atoms with Gasteiger partial charge in [0.15, 0.2) is 0 Å². The molecule has 136 valence electrons. The van der Waals surface area contributed by atoms with E-state index in [2.05, 4.69) is 10.00 Å². The molecule has 0 saturated carbocycles. The quantitative estimate of drug-likeness (QED) is 0.806. The lowest BCUT2D eigenvalue weighted by atomic mass is 10.1. The second-order valence-electron chi connectivity index (χ2n) is 7.41. The average Bonchev–Trinajstić information content (AvgIpc) is 3.33. The highest BCUT2D eigenvalue weighted by Gasteiger charge is 2.28. The van der Waals surface area contributed by atoms with E-state index in [0.717, 1.165) is 70.6 Å². The molecular weight excluding hydrogens is 318 g/mol. The van der Waals surface area contributed by atoms with E-state index in [1.807, 2.05) is 26.9 Å². The van der Waals surface area contributed by atoms with Crippen LogP contribution in [-0.4, -0.2) is 70.7 Å². The summed E-state index contributed by atoms with van der Waals surface area (Å²) in [4.78, 5) is 30.1. The Morgan fingerprint density at radius 2 is 1.88 bits per heavy atom. The van der Waals surface area contributed by atoms with Crippen molar-refractivity contribution in [2.75, 3.05) is 44.2 Å². The molecule has 0 radical (unpaired) electrons. The lowest BCUT2D eigenvalue weighted by Crippen LogP contribution is -2.40. The van der Waals surface area contributed by atoms with Gasteiger partial charge >= 0.3 is 0 Å². The van der Waals surface area contributed by atoms with Crippen molar-refractivity contribution in [3.05, 3.63) is 12.4 Å². The molecule has 7 heteroatoms. The van der Waals surface area contributed by atoms with Gasteiger partial charge in [0.2, 0.25) is 11.8 Å². The third-order valence-corrected chi connectivity index (χ3v) is 5.70. The molecule has 0 aromatic carbocycles. The number of nitrogens with zero attached hydrogens (tertiary/aromatic N) is 5. The summed E-state index contributed by atoms with van der Waals surface area (Å²) in [6.45, 7) is 5.54. The normalized spacial score (nSPS) is 25.4. The van der Waals surface area contributed by atoms with E-state index in [-0.39, 0.29) is 5.91 Å². The maximum absolute atomic E-state index is 11.9. The Labute approximate surface area is 148 Å². The van der Waals surface area contributed by atoms with Gasteiger partial charge < -0.3 is 9.80 Å². The van der Waals surface area contributed by atoms with Crippen LogP contribution in [0.4, 0.5) is 5.69 Å². The van der Waals surface area contributed by atoms with E-state index in [1.165, 1.54) is 0 Å². The Morgan fingerprint density at radius 1 is 1.00 bits per heavy atom. The Hall–Kier alpha value is -1.89. The van der Waals surface area contributed by atoms with Gasteiger partial charge in [0.25, 0.3) is 0 Å². The van der Waals surface area contributed by atoms with Crippen LogP contribution in [0.3, 0.4) is 0 Å². The molecule has 3 aliphatic heterocycles. The van der Waals surface area contributed by atoms with Crippen molar-refractivity contribution in [1.29, 1.82) is 0 Å². The summed E-state index contributed by atoms with van der Waals surface area (Å²) in [6, 6.07) is 0.364. The van der Waals surface area contributed by atoms with E-state index in [0.29, 0.717) is 24.8 Å². The third kappa shape index (κ3) is 3.56. The first-order valence-electron chi connectivity index (χ1n) is 9.55. The number of rotatable bonds is 5. The summed E-state index contributed by atoms with van der Waals surface area (Å²) >= 11 is 0. The van der Waals surface area contributed by atoms with E-state index in [1.54, 1.807) is 0 Å². The van der Waals surface area contributed by atoms with Crippen molar-refractivity contribution in [3.8, 4) is 0 Å². The molecule has 1 aromatic rings. The van der Waals surface area contributed by atoms with Crippen molar-refractivity contribution in [2.24, 2.45) is 0 Å². The minimum absolute atomic E-state index is 0.207. The minimum atomic E-state index is 0.207. The summed E-state index contributed by atoms with van der Waals surface area (Å²) < 4.78 is 2.02. The first-order chi connectivity index (χ1) is 12.2. The average molecular weight is 345 g/mol. The first kappa shape index (κ1) is 16.6. The fourth-order valence-electron chi connectivity index (χ4n) is 4.18. The van der Waals surface area contributed by atoms with Crippen LogP contribution in [0.5, 0.6) is 0 Å². The molecule has 7 nitrogen and oxygen atoms in total. The molecular formula is C18H27N5O2. The van der Waals surface area contributed by atoms with Crippen molar-refractivity contribution >= 4 is 17.5 Å². The molecule has 4 rings (SSSR count). The summed E-state index contributed by atoms with van der Waals surface area (Å²) in [6.07, 6.45) is 9.40. The monoisotopic (exact) mass is 345 g/mol.